The number of aromatic nitrogens is 1. The highest BCUT2D eigenvalue weighted by molar-refractivity contribution is 6.36. The van der Waals surface area contributed by atoms with Crippen molar-refractivity contribution in [2.45, 2.75) is 13.8 Å². The Bertz CT molecular complexity index is 1190. The number of nitrogens with one attached hydrogen (secondary N) is 1. The molecule has 3 aromatic rings. The van der Waals surface area contributed by atoms with Crippen molar-refractivity contribution < 1.29 is 9.18 Å². The topological polar surface area (TPSA) is 66.2 Å². The van der Waals surface area contributed by atoms with Crippen LogP contribution in [0.2, 0.25) is 5.02 Å². The van der Waals surface area contributed by atoms with E-state index in [1.54, 1.807) is 37.3 Å². The molecular formula is C22H19ClFN3O2. The van der Waals surface area contributed by atoms with E-state index in [4.69, 9.17) is 17.0 Å². The summed E-state index contributed by atoms with van der Waals surface area (Å²) in [4.78, 5) is 27.2. The Morgan fingerprint density at radius 2 is 1.83 bits per heavy atom. The molecule has 0 atom stereocenters. The maximum absolute atomic E-state index is 13.9. The van der Waals surface area contributed by atoms with Crippen LogP contribution in [-0.4, -0.2) is 16.3 Å². The largest absolute Gasteiger partial charge is 0.311 e. The summed E-state index contributed by atoms with van der Waals surface area (Å²) in [5, 5.41) is 8.47. The van der Waals surface area contributed by atoms with Gasteiger partial charge in [-0.2, -0.15) is 0 Å². The van der Waals surface area contributed by atoms with Crippen molar-refractivity contribution in [2.75, 3.05) is 4.90 Å². The molecule has 0 aliphatic heterocycles. The van der Waals surface area contributed by atoms with Crippen molar-refractivity contribution in [3.05, 3.63) is 86.9 Å². The van der Waals surface area contributed by atoms with Gasteiger partial charge in [-0.25, -0.2) is 4.39 Å². The van der Waals surface area contributed by atoms with Crippen molar-refractivity contribution in [3.8, 4) is 11.3 Å². The zero-order valence-corrected chi connectivity index (χ0v) is 16.9. The van der Waals surface area contributed by atoms with E-state index in [1.165, 1.54) is 47.7 Å². The molecule has 3 rings (SSSR count). The van der Waals surface area contributed by atoms with Crippen LogP contribution in [0.15, 0.2) is 59.4 Å². The second-order valence-corrected chi connectivity index (χ2v) is 7.04. The number of hydrogen-bond acceptors (Lipinski definition) is 3. The molecule has 29 heavy (non-hydrogen) atoms. The SMILES string of the molecule is CC(=N)N(C(=O)c1c(C)cc(=O)n(C)c1-c1cccc(F)c1)c1ccccc1Cl. The lowest BCUT2D eigenvalue weighted by Gasteiger charge is -2.25. The van der Waals surface area contributed by atoms with Crippen LogP contribution in [0.4, 0.5) is 10.1 Å². The maximum atomic E-state index is 13.9. The number of pyridine rings is 1. The summed E-state index contributed by atoms with van der Waals surface area (Å²) in [5.74, 6) is -1.06. The van der Waals surface area contributed by atoms with E-state index in [2.05, 4.69) is 0 Å². The van der Waals surface area contributed by atoms with Crippen molar-refractivity contribution in [3.63, 3.8) is 0 Å². The summed E-state index contributed by atoms with van der Waals surface area (Å²) in [6.45, 7) is 3.11. The van der Waals surface area contributed by atoms with Crippen LogP contribution in [0, 0.1) is 18.2 Å². The van der Waals surface area contributed by atoms with E-state index in [9.17, 15) is 14.0 Å². The number of halogens is 2. The molecule has 0 saturated carbocycles. The number of aryl methyl sites for hydroxylation is 1. The van der Waals surface area contributed by atoms with E-state index >= 15 is 0 Å². The van der Waals surface area contributed by atoms with Crippen LogP contribution in [0.25, 0.3) is 11.3 Å². The average molecular weight is 412 g/mol. The zero-order valence-electron chi connectivity index (χ0n) is 16.2. The standard InChI is InChI=1S/C22H19ClFN3O2/c1-13-11-19(28)26(3)21(15-7-6-8-16(24)12-15)20(13)22(29)27(14(2)25)18-10-5-4-9-17(18)23/h4-12,25H,1-3H3. The lowest BCUT2D eigenvalue weighted by atomic mass is 9.99. The molecule has 1 aromatic heterocycles. The van der Waals surface area contributed by atoms with Gasteiger partial charge in [0.05, 0.1) is 22.0 Å². The minimum absolute atomic E-state index is 0.0402. The predicted octanol–water partition coefficient (Wildman–Crippen LogP) is 4.80. The number of benzene rings is 2. The van der Waals surface area contributed by atoms with Crippen LogP contribution >= 0.6 is 11.6 Å². The first-order valence-corrected chi connectivity index (χ1v) is 9.21. The molecule has 1 N–H and O–H groups in total. The molecule has 0 saturated heterocycles. The maximum Gasteiger partial charge on any atom is 0.266 e. The lowest BCUT2D eigenvalue weighted by molar-refractivity contribution is 0.100. The Labute approximate surface area is 172 Å². The quantitative estimate of drug-likeness (QED) is 0.497. The van der Waals surface area contributed by atoms with Gasteiger partial charge in [0.1, 0.15) is 11.7 Å². The fourth-order valence-electron chi connectivity index (χ4n) is 3.25. The third kappa shape index (κ3) is 3.84. The van der Waals surface area contributed by atoms with Crippen LogP contribution in [0.3, 0.4) is 0 Å². The first kappa shape index (κ1) is 20.5. The second-order valence-electron chi connectivity index (χ2n) is 6.64. The predicted molar refractivity (Wildman–Crippen MR) is 113 cm³/mol. The van der Waals surface area contributed by atoms with Gasteiger partial charge < -0.3 is 4.57 Å². The molecule has 0 bridgehead atoms. The molecule has 0 radical (unpaired) electrons. The van der Waals surface area contributed by atoms with E-state index in [-0.39, 0.29) is 22.7 Å². The van der Waals surface area contributed by atoms with Crippen molar-refractivity contribution in [1.29, 1.82) is 5.41 Å². The number of carbonyl (C=O) groups excluding carboxylic acids is 1. The van der Waals surface area contributed by atoms with Gasteiger partial charge in [0.2, 0.25) is 0 Å². The number of anilines is 1. The Hall–Kier alpha value is -3.25. The van der Waals surface area contributed by atoms with Crippen LogP contribution in [-0.2, 0) is 7.05 Å². The average Bonchev–Trinajstić information content (AvgIpc) is 2.65. The second kappa shape index (κ2) is 8.01. The van der Waals surface area contributed by atoms with E-state index in [0.717, 1.165) is 0 Å². The molecule has 7 heteroatoms. The summed E-state index contributed by atoms with van der Waals surface area (Å²) < 4.78 is 15.2. The Morgan fingerprint density at radius 3 is 2.45 bits per heavy atom. The van der Waals surface area contributed by atoms with Crippen LogP contribution in [0.1, 0.15) is 22.8 Å². The molecule has 0 aliphatic rings. The van der Waals surface area contributed by atoms with Gasteiger partial charge in [-0.3, -0.25) is 19.9 Å². The normalized spacial score (nSPS) is 10.7. The smallest absolute Gasteiger partial charge is 0.266 e. The molecule has 5 nitrogen and oxygen atoms in total. The van der Waals surface area contributed by atoms with Gasteiger partial charge in [0.15, 0.2) is 0 Å². The van der Waals surface area contributed by atoms with Gasteiger partial charge in [-0.15, -0.1) is 0 Å². The number of rotatable bonds is 3. The molecule has 2 aromatic carbocycles. The molecule has 0 spiro atoms. The number of nitrogens with zero attached hydrogens (tertiary/aromatic N) is 2. The van der Waals surface area contributed by atoms with E-state index in [1.807, 2.05) is 0 Å². The Morgan fingerprint density at radius 1 is 1.14 bits per heavy atom. The molecular weight excluding hydrogens is 393 g/mol. The third-order valence-corrected chi connectivity index (χ3v) is 4.90. The highest BCUT2D eigenvalue weighted by Crippen LogP contribution is 2.31. The molecule has 0 unspecified atom stereocenters. The van der Waals surface area contributed by atoms with Gasteiger partial charge in [-0.05, 0) is 43.7 Å². The van der Waals surface area contributed by atoms with Crippen LogP contribution < -0.4 is 10.5 Å². The Balaban J connectivity index is 2.31. The highest BCUT2D eigenvalue weighted by Gasteiger charge is 2.28. The monoisotopic (exact) mass is 411 g/mol. The number of hydrogen-bond donors (Lipinski definition) is 1. The first-order chi connectivity index (χ1) is 13.7. The minimum atomic E-state index is -0.530. The molecule has 0 fully saturated rings. The summed E-state index contributed by atoms with van der Waals surface area (Å²) in [5.41, 5.74) is 1.32. The summed E-state index contributed by atoms with van der Waals surface area (Å²) >= 11 is 6.27. The van der Waals surface area contributed by atoms with Crippen LogP contribution in [0.5, 0.6) is 0 Å². The highest BCUT2D eigenvalue weighted by atomic mass is 35.5. The molecule has 0 aliphatic carbocycles. The summed E-state index contributed by atoms with van der Waals surface area (Å²) in [6, 6.07) is 13.7. The number of carbonyl (C=O) groups is 1. The van der Waals surface area contributed by atoms with Gasteiger partial charge >= 0.3 is 0 Å². The molecule has 148 valence electrons. The lowest BCUT2D eigenvalue weighted by Crippen LogP contribution is -2.37. The number of amides is 1. The van der Waals surface area contributed by atoms with Crippen molar-refractivity contribution >= 4 is 29.0 Å². The van der Waals surface area contributed by atoms with E-state index in [0.29, 0.717) is 21.8 Å². The van der Waals surface area contributed by atoms with Gasteiger partial charge in [0.25, 0.3) is 11.5 Å². The van der Waals surface area contributed by atoms with Crippen molar-refractivity contribution in [1.82, 2.24) is 4.57 Å². The zero-order chi connectivity index (χ0) is 21.3. The fourth-order valence-corrected chi connectivity index (χ4v) is 3.47. The first-order valence-electron chi connectivity index (χ1n) is 8.83. The van der Waals surface area contributed by atoms with Gasteiger partial charge in [0, 0.05) is 18.7 Å². The van der Waals surface area contributed by atoms with E-state index < -0.39 is 11.7 Å². The summed E-state index contributed by atoms with van der Waals surface area (Å²) in [6.07, 6.45) is 0. The van der Waals surface area contributed by atoms with Gasteiger partial charge in [-0.1, -0.05) is 35.9 Å². The number of amidine groups is 1. The molecule has 1 amide bonds. The molecule has 1 heterocycles. The number of para-hydroxylation sites is 1. The van der Waals surface area contributed by atoms with Crippen molar-refractivity contribution in [2.24, 2.45) is 7.05 Å². The Kier molecular flexibility index (Phi) is 5.66. The minimum Gasteiger partial charge on any atom is -0.311 e. The third-order valence-electron chi connectivity index (χ3n) is 4.58. The fraction of sp³-hybridized carbons (Fsp3) is 0.136. The summed E-state index contributed by atoms with van der Waals surface area (Å²) in [7, 11) is 1.52.